The second-order valence-corrected chi connectivity index (χ2v) is 11.1. The molecule has 0 saturated heterocycles. The minimum atomic E-state index is -1.16. The van der Waals surface area contributed by atoms with Crippen molar-refractivity contribution in [3.8, 4) is 17.2 Å². The smallest absolute Gasteiger partial charge is 0.344 e. The number of methoxy groups -OCH3 is 1. The molecule has 0 aromatic heterocycles. The SMILES string of the molecule is CCOC(=O)COc1c(I)cc(/C=N\N[C@H](O)COc2ccc([C@@H]3NC(=O)NC(C)=C3C(=O)OC)cc2OCC)cc1I. The number of amides is 2. The summed E-state index contributed by atoms with van der Waals surface area (Å²) in [6, 6.07) is 7.40. The van der Waals surface area contributed by atoms with E-state index in [1.165, 1.54) is 13.3 Å². The first-order valence-electron chi connectivity index (χ1n) is 13.1. The van der Waals surface area contributed by atoms with E-state index in [0.717, 1.165) is 12.7 Å². The van der Waals surface area contributed by atoms with Crippen LogP contribution in [0, 0.1) is 7.14 Å². The topological polar surface area (TPSA) is 166 Å². The van der Waals surface area contributed by atoms with Crippen LogP contribution in [0.1, 0.15) is 37.9 Å². The molecule has 15 heteroatoms. The van der Waals surface area contributed by atoms with Crippen molar-refractivity contribution in [3.05, 3.63) is 59.9 Å². The number of hydrazone groups is 1. The van der Waals surface area contributed by atoms with Gasteiger partial charge in [-0.15, -0.1) is 0 Å². The van der Waals surface area contributed by atoms with Crippen LogP contribution in [0.2, 0.25) is 0 Å². The van der Waals surface area contributed by atoms with Crippen molar-refractivity contribution < 1.29 is 43.2 Å². The van der Waals surface area contributed by atoms with Crippen LogP contribution < -0.4 is 30.3 Å². The Morgan fingerprint density at radius 3 is 2.47 bits per heavy atom. The van der Waals surface area contributed by atoms with E-state index >= 15 is 0 Å². The van der Waals surface area contributed by atoms with Crippen LogP contribution in [-0.2, 0) is 19.1 Å². The number of benzene rings is 2. The molecule has 0 spiro atoms. The Hall–Kier alpha value is -3.32. The van der Waals surface area contributed by atoms with Gasteiger partial charge in [0, 0.05) is 5.70 Å². The lowest BCUT2D eigenvalue weighted by atomic mass is 9.95. The summed E-state index contributed by atoms with van der Waals surface area (Å²) in [6.45, 7) is 5.41. The molecule has 4 N–H and O–H groups in total. The molecule has 0 bridgehead atoms. The van der Waals surface area contributed by atoms with Gasteiger partial charge in [-0.3, -0.25) is 5.43 Å². The van der Waals surface area contributed by atoms with Crippen LogP contribution >= 0.6 is 45.2 Å². The van der Waals surface area contributed by atoms with Gasteiger partial charge < -0.3 is 39.4 Å². The number of aliphatic hydroxyl groups excluding tert-OH is 1. The maximum absolute atomic E-state index is 12.4. The standard InChI is InChI=1S/C28H32I2N4O9/c1-5-40-21-11-17(25-24(27(37)39-4)15(3)32-28(38)33-25)7-8-20(21)42-13-22(35)34-31-12-16-9-18(29)26(19(30)10-16)43-14-23(36)41-6-2/h7-12,22,25,34-35H,5-6,13-14H2,1-4H3,(H2,32,33,38)/b31-12-/t22-,25+/m1/s1. The van der Waals surface area contributed by atoms with E-state index < -0.39 is 30.2 Å². The van der Waals surface area contributed by atoms with Crippen molar-refractivity contribution in [2.75, 3.05) is 33.5 Å². The Morgan fingerprint density at radius 1 is 1.09 bits per heavy atom. The van der Waals surface area contributed by atoms with E-state index in [1.54, 1.807) is 39.0 Å². The number of ether oxygens (including phenoxy) is 5. The number of esters is 2. The van der Waals surface area contributed by atoms with Gasteiger partial charge in [-0.2, -0.15) is 5.10 Å². The van der Waals surface area contributed by atoms with Gasteiger partial charge in [0.05, 0.1) is 45.3 Å². The van der Waals surface area contributed by atoms with Crippen molar-refractivity contribution >= 4 is 69.4 Å². The number of aliphatic hydroxyl groups is 1. The van der Waals surface area contributed by atoms with Gasteiger partial charge in [-0.1, -0.05) is 6.07 Å². The van der Waals surface area contributed by atoms with Crippen molar-refractivity contribution in [1.29, 1.82) is 0 Å². The fourth-order valence-electron chi connectivity index (χ4n) is 3.95. The van der Waals surface area contributed by atoms with E-state index in [1.807, 2.05) is 12.1 Å². The second-order valence-electron chi connectivity index (χ2n) is 8.82. The summed E-state index contributed by atoms with van der Waals surface area (Å²) in [5.74, 6) is 0.253. The lowest BCUT2D eigenvalue weighted by Gasteiger charge is -2.28. The number of allylic oxidation sites excluding steroid dienone is 1. The van der Waals surface area contributed by atoms with Crippen LogP contribution in [0.3, 0.4) is 0 Å². The third kappa shape index (κ3) is 9.59. The highest BCUT2D eigenvalue weighted by Gasteiger charge is 2.32. The fraction of sp³-hybridized carbons (Fsp3) is 0.357. The van der Waals surface area contributed by atoms with Crippen molar-refractivity contribution in [3.63, 3.8) is 0 Å². The molecule has 3 rings (SSSR count). The highest BCUT2D eigenvalue weighted by atomic mass is 127. The molecule has 2 aromatic carbocycles. The van der Waals surface area contributed by atoms with E-state index in [4.69, 9.17) is 23.7 Å². The Balaban J connectivity index is 1.64. The Morgan fingerprint density at radius 2 is 1.81 bits per heavy atom. The summed E-state index contributed by atoms with van der Waals surface area (Å²) in [4.78, 5) is 36.1. The van der Waals surface area contributed by atoms with Crippen molar-refractivity contribution in [1.82, 2.24) is 16.1 Å². The van der Waals surface area contributed by atoms with Gasteiger partial charge in [0.15, 0.2) is 24.3 Å². The molecular formula is C28H32I2N4O9. The quantitative estimate of drug-likeness (QED) is 0.0731. The number of carbonyl (C=O) groups excluding carboxylic acids is 3. The summed E-state index contributed by atoms with van der Waals surface area (Å²) in [6.07, 6.45) is 0.376. The molecule has 0 saturated carbocycles. The highest BCUT2D eigenvalue weighted by molar-refractivity contribution is 14.1. The summed E-state index contributed by atoms with van der Waals surface area (Å²) in [7, 11) is 1.27. The normalized spacial score (nSPS) is 15.3. The average Bonchev–Trinajstić information content (AvgIpc) is 2.95. The largest absolute Gasteiger partial charge is 0.490 e. The van der Waals surface area contributed by atoms with Crippen molar-refractivity contribution in [2.45, 2.75) is 33.0 Å². The number of halogens is 2. The van der Waals surface area contributed by atoms with E-state index in [0.29, 0.717) is 35.1 Å². The summed E-state index contributed by atoms with van der Waals surface area (Å²) in [5, 5.41) is 19.8. The summed E-state index contributed by atoms with van der Waals surface area (Å²) >= 11 is 4.21. The highest BCUT2D eigenvalue weighted by Crippen LogP contribution is 2.35. The molecule has 1 aliphatic heterocycles. The molecule has 43 heavy (non-hydrogen) atoms. The lowest BCUT2D eigenvalue weighted by Crippen LogP contribution is -2.45. The van der Waals surface area contributed by atoms with E-state index in [2.05, 4.69) is 66.3 Å². The Labute approximate surface area is 276 Å². The molecule has 1 heterocycles. The minimum absolute atomic E-state index is 0.164. The number of hydrogen-bond acceptors (Lipinski definition) is 11. The first-order chi connectivity index (χ1) is 20.6. The molecule has 0 aliphatic carbocycles. The summed E-state index contributed by atoms with van der Waals surface area (Å²) < 4.78 is 28.5. The molecule has 0 fully saturated rings. The lowest BCUT2D eigenvalue weighted by molar-refractivity contribution is -0.145. The van der Waals surface area contributed by atoms with Crippen molar-refractivity contribution in [2.24, 2.45) is 5.10 Å². The zero-order chi connectivity index (χ0) is 31.5. The predicted molar refractivity (Wildman–Crippen MR) is 173 cm³/mol. The molecule has 1 aliphatic rings. The van der Waals surface area contributed by atoms with Gasteiger partial charge in [-0.05, 0) is 101 Å². The number of carbonyl (C=O) groups is 3. The zero-order valence-electron chi connectivity index (χ0n) is 23.9. The molecule has 2 atom stereocenters. The van der Waals surface area contributed by atoms with Crippen LogP contribution in [0.15, 0.2) is 46.7 Å². The minimum Gasteiger partial charge on any atom is -0.490 e. The van der Waals surface area contributed by atoms with Crippen LogP contribution in [0.25, 0.3) is 0 Å². The van der Waals surface area contributed by atoms with E-state index in [9.17, 15) is 19.5 Å². The fourth-order valence-corrected chi connectivity index (χ4v) is 6.07. The number of nitrogens with one attached hydrogen (secondary N) is 3. The molecule has 0 unspecified atom stereocenters. The molecule has 0 radical (unpaired) electrons. The van der Waals surface area contributed by atoms with Crippen LogP contribution in [0.5, 0.6) is 17.2 Å². The molecule has 13 nitrogen and oxygen atoms in total. The Kier molecular flexibility index (Phi) is 13.1. The zero-order valence-corrected chi connectivity index (χ0v) is 28.2. The first-order valence-corrected chi connectivity index (χ1v) is 15.2. The molecule has 2 amide bonds. The third-order valence-electron chi connectivity index (χ3n) is 5.77. The number of nitrogens with zero attached hydrogens (tertiary/aromatic N) is 1. The third-order valence-corrected chi connectivity index (χ3v) is 7.37. The van der Waals surface area contributed by atoms with Gasteiger partial charge >= 0.3 is 18.0 Å². The van der Waals surface area contributed by atoms with E-state index in [-0.39, 0.29) is 25.4 Å². The first kappa shape index (κ1) is 34.2. The second kappa shape index (κ2) is 16.5. The van der Waals surface area contributed by atoms with Gasteiger partial charge in [0.1, 0.15) is 12.4 Å². The summed E-state index contributed by atoms with van der Waals surface area (Å²) in [5.41, 5.74) is 4.58. The van der Waals surface area contributed by atoms with Crippen LogP contribution in [-0.4, -0.2) is 69.1 Å². The molecular weight excluding hydrogens is 790 g/mol. The van der Waals surface area contributed by atoms with Gasteiger partial charge in [0.2, 0.25) is 0 Å². The molecule has 2 aromatic rings. The maximum Gasteiger partial charge on any atom is 0.344 e. The molecule has 232 valence electrons. The maximum atomic E-state index is 12.4. The van der Waals surface area contributed by atoms with Gasteiger partial charge in [-0.25, -0.2) is 14.4 Å². The average molecular weight is 822 g/mol. The van der Waals surface area contributed by atoms with Gasteiger partial charge in [0.25, 0.3) is 0 Å². The predicted octanol–water partition coefficient (Wildman–Crippen LogP) is 3.36. The Bertz CT molecular complexity index is 1380. The number of urea groups is 1. The van der Waals surface area contributed by atoms with Crippen LogP contribution in [0.4, 0.5) is 4.79 Å². The number of hydrogen-bond donors (Lipinski definition) is 4. The number of rotatable bonds is 14. The monoisotopic (exact) mass is 822 g/mol.